The van der Waals surface area contributed by atoms with Crippen molar-refractivity contribution >= 4 is 5.91 Å². The largest absolute Gasteiger partial charge is 0.393 e. The van der Waals surface area contributed by atoms with E-state index in [4.69, 9.17) is 5.84 Å². The van der Waals surface area contributed by atoms with Gasteiger partial charge in [0.05, 0.1) is 17.4 Å². The summed E-state index contributed by atoms with van der Waals surface area (Å²) in [5, 5.41) is 9.58. The SMILES string of the molecule is CC(O)C1CCN(Cc2ccc(C(=O)NN)cn2)CC1. The molecule has 6 nitrogen and oxygen atoms in total. The van der Waals surface area contributed by atoms with E-state index in [1.165, 1.54) is 0 Å². The molecule has 1 aromatic rings. The van der Waals surface area contributed by atoms with Gasteiger partial charge in [-0.2, -0.15) is 0 Å². The second-order valence-electron chi connectivity index (χ2n) is 5.37. The molecule has 1 saturated heterocycles. The van der Waals surface area contributed by atoms with E-state index in [1.807, 2.05) is 13.0 Å². The first-order valence-electron chi connectivity index (χ1n) is 6.96. The lowest BCUT2D eigenvalue weighted by Crippen LogP contribution is -2.36. The number of nitrogens with two attached hydrogens (primary N) is 1. The third kappa shape index (κ3) is 3.75. The monoisotopic (exact) mass is 278 g/mol. The number of nitrogen functional groups attached to an aromatic ring is 1. The molecule has 0 aromatic carbocycles. The molecule has 1 atom stereocenters. The number of aliphatic hydroxyl groups excluding tert-OH is 1. The van der Waals surface area contributed by atoms with Gasteiger partial charge in [0.1, 0.15) is 0 Å². The molecule has 0 aliphatic carbocycles. The molecule has 1 aliphatic heterocycles. The average Bonchev–Trinajstić information content (AvgIpc) is 2.48. The molecule has 0 saturated carbocycles. The number of aromatic nitrogens is 1. The Labute approximate surface area is 119 Å². The second kappa shape index (κ2) is 6.78. The smallest absolute Gasteiger partial charge is 0.266 e. The molecule has 0 spiro atoms. The van der Waals surface area contributed by atoms with Crippen LogP contribution in [0.25, 0.3) is 0 Å². The van der Waals surface area contributed by atoms with E-state index in [9.17, 15) is 9.90 Å². The van der Waals surface area contributed by atoms with Gasteiger partial charge in [-0.05, 0) is 50.9 Å². The summed E-state index contributed by atoms with van der Waals surface area (Å²) in [4.78, 5) is 17.9. The van der Waals surface area contributed by atoms with E-state index >= 15 is 0 Å². The summed E-state index contributed by atoms with van der Waals surface area (Å²) in [6.45, 7) is 4.59. The highest BCUT2D eigenvalue weighted by atomic mass is 16.3. The Kier molecular flexibility index (Phi) is 5.05. The van der Waals surface area contributed by atoms with Crippen LogP contribution < -0.4 is 11.3 Å². The third-order valence-electron chi connectivity index (χ3n) is 3.92. The molecular weight excluding hydrogens is 256 g/mol. The van der Waals surface area contributed by atoms with Gasteiger partial charge in [-0.25, -0.2) is 5.84 Å². The highest BCUT2D eigenvalue weighted by molar-refractivity contribution is 5.93. The third-order valence-corrected chi connectivity index (χ3v) is 3.92. The number of nitrogens with zero attached hydrogens (tertiary/aromatic N) is 2. The van der Waals surface area contributed by atoms with Crippen molar-refractivity contribution in [2.75, 3.05) is 13.1 Å². The summed E-state index contributed by atoms with van der Waals surface area (Å²) in [6, 6.07) is 3.58. The summed E-state index contributed by atoms with van der Waals surface area (Å²) in [6.07, 6.45) is 3.36. The Balaban J connectivity index is 1.87. The summed E-state index contributed by atoms with van der Waals surface area (Å²) in [7, 11) is 0. The molecule has 4 N–H and O–H groups in total. The molecule has 0 bridgehead atoms. The van der Waals surface area contributed by atoms with Gasteiger partial charge < -0.3 is 5.11 Å². The fraction of sp³-hybridized carbons (Fsp3) is 0.571. The lowest BCUT2D eigenvalue weighted by Gasteiger charge is -2.32. The van der Waals surface area contributed by atoms with Crippen LogP contribution in [0.2, 0.25) is 0 Å². The number of likely N-dealkylation sites (tertiary alicyclic amines) is 1. The molecule has 20 heavy (non-hydrogen) atoms. The predicted molar refractivity (Wildman–Crippen MR) is 75.6 cm³/mol. The van der Waals surface area contributed by atoms with E-state index in [1.54, 1.807) is 12.3 Å². The quantitative estimate of drug-likeness (QED) is 0.418. The van der Waals surface area contributed by atoms with E-state index < -0.39 is 0 Å². The number of hydrogen-bond acceptors (Lipinski definition) is 5. The van der Waals surface area contributed by atoms with Crippen LogP contribution in [0.1, 0.15) is 35.8 Å². The number of piperidine rings is 1. The van der Waals surface area contributed by atoms with E-state index in [2.05, 4.69) is 15.3 Å². The van der Waals surface area contributed by atoms with Crippen molar-refractivity contribution in [1.29, 1.82) is 0 Å². The van der Waals surface area contributed by atoms with Crippen molar-refractivity contribution in [3.63, 3.8) is 0 Å². The van der Waals surface area contributed by atoms with Crippen LogP contribution in [0, 0.1) is 5.92 Å². The van der Waals surface area contributed by atoms with Crippen LogP contribution in [0.5, 0.6) is 0 Å². The summed E-state index contributed by atoms with van der Waals surface area (Å²) >= 11 is 0. The number of carbonyl (C=O) groups is 1. The van der Waals surface area contributed by atoms with Crippen LogP contribution in [-0.2, 0) is 6.54 Å². The Morgan fingerprint density at radius 3 is 2.75 bits per heavy atom. The Morgan fingerprint density at radius 1 is 1.55 bits per heavy atom. The molecule has 1 fully saturated rings. The molecule has 1 amide bonds. The number of nitrogens with one attached hydrogen (secondary N) is 1. The lowest BCUT2D eigenvalue weighted by molar-refractivity contribution is 0.0691. The second-order valence-corrected chi connectivity index (χ2v) is 5.37. The zero-order chi connectivity index (χ0) is 14.5. The minimum absolute atomic E-state index is 0.218. The summed E-state index contributed by atoms with van der Waals surface area (Å²) in [5.41, 5.74) is 3.49. The fourth-order valence-electron chi connectivity index (χ4n) is 2.56. The van der Waals surface area contributed by atoms with Gasteiger partial charge in [-0.3, -0.25) is 20.1 Å². The Morgan fingerprint density at radius 2 is 2.25 bits per heavy atom. The number of rotatable bonds is 4. The first-order valence-corrected chi connectivity index (χ1v) is 6.96. The zero-order valence-electron chi connectivity index (χ0n) is 11.7. The van der Waals surface area contributed by atoms with E-state index in [-0.39, 0.29) is 12.0 Å². The molecule has 0 radical (unpaired) electrons. The van der Waals surface area contributed by atoms with Crippen LogP contribution in [0.15, 0.2) is 18.3 Å². The standard InChI is InChI=1S/C14H22N4O2/c1-10(19)11-4-6-18(7-5-11)9-13-3-2-12(8-16-13)14(20)17-15/h2-3,8,10-11,19H,4-7,9,15H2,1H3,(H,17,20). The van der Waals surface area contributed by atoms with Gasteiger partial charge in [0, 0.05) is 12.7 Å². The first-order chi connectivity index (χ1) is 9.60. The number of pyridine rings is 1. The molecule has 1 aliphatic rings. The summed E-state index contributed by atoms with van der Waals surface area (Å²) < 4.78 is 0. The summed E-state index contributed by atoms with van der Waals surface area (Å²) in [5.74, 6) is 5.15. The van der Waals surface area contributed by atoms with Crippen molar-refractivity contribution in [1.82, 2.24) is 15.3 Å². The number of carbonyl (C=O) groups excluding carboxylic acids is 1. The minimum Gasteiger partial charge on any atom is -0.393 e. The highest BCUT2D eigenvalue weighted by Crippen LogP contribution is 2.21. The molecule has 1 aromatic heterocycles. The van der Waals surface area contributed by atoms with Crippen molar-refractivity contribution < 1.29 is 9.90 Å². The zero-order valence-corrected chi connectivity index (χ0v) is 11.7. The lowest BCUT2D eigenvalue weighted by atomic mass is 9.92. The molecule has 2 heterocycles. The Hall–Kier alpha value is -1.50. The first kappa shape index (κ1) is 14.9. The van der Waals surface area contributed by atoms with Crippen molar-refractivity contribution in [2.24, 2.45) is 11.8 Å². The minimum atomic E-state index is -0.332. The van der Waals surface area contributed by atoms with Crippen LogP contribution in [-0.4, -0.2) is 40.1 Å². The maximum absolute atomic E-state index is 11.3. The van der Waals surface area contributed by atoms with Gasteiger partial charge >= 0.3 is 0 Å². The van der Waals surface area contributed by atoms with Gasteiger partial charge in [0.2, 0.25) is 0 Å². The van der Waals surface area contributed by atoms with Crippen molar-refractivity contribution in [3.05, 3.63) is 29.6 Å². The fourth-order valence-corrected chi connectivity index (χ4v) is 2.56. The molecular formula is C14H22N4O2. The molecule has 6 heteroatoms. The van der Waals surface area contributed by atoms with Gasteiger partial charge in [0.25, 0.3) is 5.91 Å². The number of hydrogen-bond donors (Lipinski definition) is 3. The van der Waals surface area contributed by atoms with Crippen molar-refractivity contribution in [2.45, 2.75) is 32.4 Å². The maximum Gasteiger partial charge on any atom is 0.266 e. The number of amides is 1. The van der Waals surface area contributed by atoms with Crippen LogP contribution >= 0.6 is 0 Å². The Bertz CT molecular complexity index is 439. The van der Waals surface area contributed by atoms with Crippen LogP contribution in [0.4, 0.5) is 0 Å². The molecule has 110 valence electrons. The topological polar surface area (TPSA) is 91.5 Å². The molecule has 2 rings (SSSR count). The normalized spacial score (nSPS) is 18.8. The van der Waals surface area contributed by atoms with Gasteiger partial charge in [-0.15, -0.1) is 0 Å². The molecule has 1 unspecified atom stereocenters. The van der Waals surface area contributed by atoms with Crippen LogP contribution in [0.3, 0.4) is 0 Å². The number of hydrazine groups is 1. The predicted octanol–water partition coefficient (Wildman–Crippen LogP) is 0.278. The number of aliphatic hydroxyl groups is 1. The average molecular weight is 278 g/mol. The highest BCUT2D eigenvalue weighted by Gasteiger charge is 2.22. The van der Waals surface area contributed by atoms with E-state index in [0.29, 0.717) is 11.5 Å². The van der Waals surface area contributed by atoms with Crippen molar-refractivity contribution in [3.8, 4) is 0 Å². The van der Waals surface area contributed by atoms with E-state index in [0.717, 1.165) is 38.2 Å². The van der Waals surface area contributed by atoms with Gasteiger partial charge in [-0.1, -0.05) is 0 Å². The van der Waals surface area contributed by atoms with Gasteiger partial charge in [0.15, 0.2) is 0 Å². The maximum atomic E-state index is 11.3.